The van der Waals surface area contributed by atoms with Crippen LogP contribution in [0.4, 0.5) is 4.39 Å². The van der Waals surface area contributed by atoms with E-state index >= 15 is 0 Å². The maximum absolute atomic E-state index is 14.8. The molecule has 4 rings (SSSR count). The van der Waals surface area contributed by atoms with Gasteiger partial charge in [0.1, 0.15) is 11.6 Å². The molecular formula is C28H39BrFN3O. The number of benzene rings is 2. The smallest absolute Gasteiger partial charge is 0.126 e. The summed E-state index contributed by atoms with van der Waals surface area (Å²) in [5.41, 5.74) is 8.91. The minimum atomic E-state index is -0.104. The van der Waals surface area contributed by atoms with Crippen LogP contribution in [0.1, 0.15) is 55.6 Å². The fourth-order valence-electron chi connectivity index (χ4n) is 5.71. The van der Waals surface area contributed by atoms with Crippen LogP contribution < -0.4 is 10.5 Å². The van der Waals surface area contributed by atoms with E-state index in [2.05, 4.69) is 37.9 Å². The average molecular weight is 533 g/mol. The fraction of sp³-hybridized carbons (Fsp3) is 0.571. The molecule has 2 aromatic carbocycles. The highest BCUT2D eigenvalue weighted by Gasteiger charge is 2.31. The molecule has 2 aromatic rings. The Morgan fingerprint density at radius 3 is 2.44 bits per heavy atom. The molecule has 0 bridgehead atoms. The van der Waals surface area contributed by atoms with Gasteiger partial charge in [-0.05, 0) is 67.1 Å². The van der Waals surface area contributed by atoms with E-state index in [1.807, 2.05) is 18.2 Å². The van der Waals surface area contributed by atoms with Crippen molar-refractivity contribution in [1.82, 2.24) is 9.80 Å². The molecule has 0 amide bonds. The van der Waals surface area contributed by atoms with Gasteiger partial charge in [0, 0.05) is 49.2 Å². The van der Waals surface area contributed by atoms with Gasteiger partial charge in [0.2, 0.25) is 0 Å². The maximum atomic E-state index is 14.8. The molecule has 2 N–H and O–H groups in total. The minimum absolute atomic E-state index is 0.0314. The van der Waals surface area contributed by atoms with E-state index in [1.54, 1.807) is 19.2 Å². The average Bonchev–Trinajstić information content (AvgIpc) is 2.87. The number of halogens is 2. The zero-order valence-electron chi connectivity index (χ0n) is 20.4. The van der Waals surface area contributed by atoms with Crippen molar-refractivity contribution >= 4 is 15.9 Å². The van der Waals surface area contributed by atoms with Crippen molar-refractivity contribution in [2.45, 2.75) is 57.0 Å². The molecule has 0 aromatic heterocycles. The lowest BCUT2D eigenvalue weighted by Gasteiger charge is -2.37. The first-order chi connectivity index (χ1) is 16.5. The monoisotopic (exact) mass is 531 g/mol. The summed E-state index contributed by atoms with van der Waals surface area (Å²) in [6, 6.07) is 13.5. The predicted octanol–water partition coefficient (Wildman–Crippen LogP) is 5.80. The number of ether oxygens (including phenoxy) is 1. The number of rotatable bonds is 9. The molecule has 2 aliphatic rings. The van der Waals surface area contributed by atoms with Crippen molar-refractivity contribution in [3.63, 3.8) is 0 Å². The van der Waals surface area contributed by atoms with Crippen molar-refractivity contribution in [3.05, 3.63) is 63.9 Å². The van der Waals surface area contributed by atoms with E-state index in [4.69, 9.17) is 10.5 Å². The molecule has 1 aliphatic carbocycles. The molecule has 1 saturated carbocycles. The normalized spacial score (nSPS) is 20.2. The van der Waals surface area contributed by atoms with Gasteiger partial charge in [0.25, 0.3) is 0 Å². The molecule has 4 nitrogen and oxygen atoms in total. The van der Waals surface area contributed by atoms with Gasteiger partial charge in [-0.1, -0.05) is 53.4 Å². The van der Waals surface area contributed by atoms with Crippen LogP contribution in [0.15, 0.2) is 46.9 Å². The zero-order valence-corrected chi connectivity index (χ0v) is 22.0. The third-order valence-electron chi connectivity index (χ3n) is 7.83. The number of nitrogens with zero attached hydrogens (tertiary/aromatic N) is 2. The van der Waals surface area contributed by atoms with Gasteiger partial charge in [0.15, 0.2) is 0 Å². The van der Waals surface area contributed by atoms with Gasteiger partial charge < -0.3 is 15.4 Å². The summed E-state index contributed by atoms with van der Waals surface area (Å²) in [5.74, 6) is 1.38. The Morgan fingerprint density at radius 2 is 1.74 bits per heavy atom. The van der Waals surface area contributed by atoms with Crippen LogP contribution in [0.3, 0.4) is 0 Å². The van der Waals surface area contributed by atoms with Gasteiger partial charge in [-0.3, -0.25) is 4.90 Å². The van der Waals surface area contributed by atoms with E-state index in [0.29, 0.717) is 5.92 Å². The van der Waals surface area contributed by atoms with Crippen LogP contribution >= 0.6 is 15.9 Å². The molecule has 1 saturated heterocycles. The van der Waals surface area contributed by atoms with Crippen LogP contribution in [0.2, 0.25) is 0 Å². The molecule has 1 heterocycles. The highest BCUT2D eigenvalue weighted by atomic mass is 79.9. The molecule has 2 fully saturated rings. The van der Waals surface area contributed by atoms with Gasteiger partial charge >= 0.3 is 0 Å². The standard InChI is InChI=1S/C28H39BrFN3O/c1-34-23-11-12-26(29)22(19-23)20-33-17-15-32(16-18-33)14-13-25(24-9-5-6-10-27(24)30)28(31)21-7-3-2-4-8-21/h5-6,9-12,19,21,25,28H,2-4,7-8,13-18,20,31H2,1H3. The van der Waals surface area contributed by atoms with Crippen LogP contribution in [-0.4, -0.2) is 55.7 Å². The lowest BCUT2D eigenvalue weighted by atomic mass is 9.75. The van der Waals surface area contributed by atoms with Crippen LogP contribution in [0, 0.1) is 11.7 Å². The summed E-state index contributed by atoms with van der Waals surface area (Å²) in [7, 11) is 1.71. The lowest BCUT2D eigenvalue weighted by molar-refractivity contribution is 0.121. The van der Waals surface area contributed by atoms with Crippen molar-refractivity contribution in [1.29, 1.82) is 0 Å². The van der Waals surface area contributed by atoms with Crippen LogP contribution in [0.25, 0.3) is 0 Å². The minimum Gasteiger partial charge on any atom is -0.497 e. The molecular weight excluding hydrogens is 493 g/mol. The predicted molar refractivity (Wildman–Crippen MR) is 141 cm³/mol. The number of methoxy groups -OCH3 is 1. The molecule has 2 atom stereocenters. The Balaban J connectivity index is 1.34. The number of hydrogen-bond donors (Lipinski definition) is 1. The topological polar surface area (TPSA) is 41.7 Å². The fourth-order valence-corrected chi connectivity index (χ4v) is 6.08. The van der Waals surface area contributed by atoms with Gasteiger partial charge in [-0.25, -0.2) is 4.39 Å². The molecule has 34 heavy (non-hydrogen) atoms. The third-order valence-corrected chi connectivity index (χ3v) is 8.61. The van der Waals surface area contributed by atoms with Gasteiger partial charge in [0.05, 0.1) is 7.11 Å². The first-order valence-corrected chi connectivity index (χ1v) is 13.6. The lowest BCUT2D eigenvalue weighted by Crippen LogP contribution is -2.47. The zero-order chi connectivity index (χ0) is 23.9. The third kappa shape index (κ3) is 6.60. The molecule has 0 spiro atoms. The Labute approximate surface area is 212 Å². The second-order valence-corrected chi connectivity index (χ2v) is 10.8. The summed E-state index contributed by atoms with van der Waals surface area (Å²) in [5, 5.41) is 0. The second kappa shape index (κ2) is 12.5. The van der Waals surface area contributed by atoms with E-state index in [1.165, 1.54) is 37.7 Å². The van der Waals surface area contributed by atoms with E-state index in [0.717, 1.165) is 61.5 Å². The Bertz CT molecular complexity index is 912. The van der Waals surface area contributed by atoms with Gasteiger partial charge in [-0.2, -0.15) is 0 Å². The molecule has 1 aliphatic heterocycles. The molecule has 6 heteroatoms. The first kappa shape index (κ1) is 25.6. The maximum Gasteiger partial charge on any atom is 0.126 e. The summed E-state index contributed by atoms with van der Waals surface area (Å²) in [6.07, 6.45) is 7.11. The van der Waals surface area contributed by atoms with Gasteiger partial charge in [-0.15, -0.1) is 0 Å². The first-order valence-electron chi connectivity index (χ1n) is 12.8. The Kier molecular flexibility index (Phi) is 9.40. The highest BCUT2D eigenvalue weighted by molar-refractivity contribution is 9.10. The summed E-state index contributed by atoms with van der Waals surface area (Å²) < 4.78 is 21.3. The van der Waals surface area contributed by atoms with Crippen molar-refractivity contribution < 1.29 is 9.13 Å². The molecule has 0 radical (unpaired) electrons. The van der Waals surface area contributed by atoms with Crippen LogP contribution in [0.5, 0.6) is 5.75 Å². The van der Waals surface area contributed by atoms with Crippen LogP contribution in [-0.2, 0) is 6.54 Å². The van der Waals surface area contributed by atoms with E-state index in [-0.39, 0.29) is 17.8 Å². The number of nitrogens with two attached hydrogens (primary N) is 1. The highest BCUT2D eigenvalue weighted by Crippen LogP contribution is 2.35. The van der Waals surface area contributed by atoms with Crippen molar-refractivity contribution in [2.24, 2.45) is 11.7 Å². The second-order valence-electron chi connectivity index (χ2n) is 9.97. The van der Waals surface area contributed by atoms with Crippen molar-refractivity contribution in [3.8, 4) is 5.75 Å². The van der Waals surface area contributed by atoms with Crippen molar-refractivity contribution in [2.75, 3.05) is 39.8 Å². The number of hydrogen-bond acceptors (Lipinski definition) is 4. The van der Waals surface area contributed by atoms with E-state index in [9.17, 15) is 4.39 Å². The Morgan fingerprint density at radius 1 is 1.03 bits per heavy atom. The molecule has 2 unspecified atom stereocenters. The largest absolute Gasteiger partial charge is 0.497 e. The summed E-state index contributed by atoms with van der Waals surface area (Å²) in [6.45, 7) is 6.01. The summed E-state index contributed by atoms with van der Waals surface area (Å²) in [4.78, 5) is 5.02. The summed E-state index contributed by atoms with van der Waals surface area (Å²) >= 11 is 3.68. The Hall–Kier alpha value is -1.47. The quantitative estimate of drug-likeness (QED) is 0.444. The van der Waals surface area contributed by atoms with E-state index < -0.39 is 0 Å². The molecule has 186 valence electrons. The SMILES string of the molecule is COc1ccc(Br)c(CN2CCN(CCC(c3ccccc3F)C(N)C3CCCCC3)CC2)c1. The number of piperazine rings is 1.